The molecule has 0 radical (unpaired) electrons. The number of fused-ring (bicyclic) bond motifs is 1. The lowest BCUT2D eigenvalue weighted by atomic mass is 10.3. The summed E-state index contributed by atoms with van der Waals surface area (Å²) in [6.07, 6.45) is 3.52. The highest BCUT2D eigenvalue weighted by Crippen LogP contribution is 2.21. The van der Waals surface area contributed by atoms with Gasteiger partial charge < -0.3 is 9.88 Å². The number of sulfonamides is 1. The van der Waals surface area contributed by atoms with E-state index < -0.39 is 10.0 Å². The van der Waals surface area contributed by atoms with Crippen LogP contribution in [0.5, 0.6) is 0 Å². The summed E-state index contributed by atoms with van der Waals surface area (Å²) in [7, 11) is -3.57. The van der Waals surface area contributed by atoms with Crippen LogP contribution in [-0.2, 0) is 14.8 Å². The molecule has 24 heavy (non-hydrogen) atoms. The third-order valence-corrected chi connectivity index (χ3v) is 6.20. The predicted octanol–water partition coefficient (Wildman–Crippen LogP) is 1.59. The van der Waals surface area contributed by atoms with Gasteiger partial charge in [0.2, 0.25) is 15.9 Å². The number of aromatic amines is 1. The van der Waals surface area contributed by atoms with E-state index in [0.29, 0.717) is 44.5 Å². The molecular weight excluding hydrogens is 328 g/mol. The molecule has 1 aliphatic heterocycles. The van der Waals surface area contributed by atoms with E-state index in [4.69, 9.17) is 0 Å². The first-order valence-corrected chi connectivity index (χ1v) is 9.67. The molecule has 0 aliphatic carbocycles. The van der Waals surface area contributed by atoms with Crippen molar-refractivity contribution in [2.24, 2.45) is 0 Å². The fourth-order valence-electron chi connectivity index (χ4n) is 2.98. The zero-order valence-corrected chi connectivity index (χ0v) is 14.6. The standard InChI is InChI=1S/C16H22N4O3S/c1-2-4-16(21)19-7-3-8-20(10-9-19)24(22,23)13-5-6-14-15(11-13)18-12-17-14/h5-6,11-12H,2-4,7-10H2,1H3,(H,17,18). The van der Waals surface area contributed by atoms with Gasteiger partial charge in [0.1, 0.15) is 0 Å². The van der Waals surface area contributed by atoms with E-state index in [1.54, 1.807) is 29.4 Å². The van der Waals surface area contributed by atoms with Crippen LogP contribution in [0, 0.1) is 0 Å². The Morgan fingerprint density at radius 3 is 2.88 bits per heavy atom. The van der Waals surface area contributed by atoms with Crippen molar-refractivity contribution in [3.8, 4) is 0 Å². The summed E-state index contributed by atoms with van der Waals surface area (Å²) in [5.74, 6) is 0.107. The molecule has 1 fully saturated rings. The molecule has 0 unspecified atom stereocenters. The van der Waals surface area contributed by atoms with Crippen LogP contribution < -0.4 is 0 Å². The Labute approximate surface area is 141 Å². The predicted molar refractivity (Wildman–Crippen MR) is 91.0 cm³/mol. The molecule has 8 heteroatoms. The van der Waals surface area contributed by atoms with Gasteiger partial charge in [0.25, 0.3) is 0 Å². The average Bonchev–Trinajstić information content (AvgIpc) is 2.88. The summed E-state index contributed by atoms with van der Waals surface area (Å²) in [6, 6.07) is 4.90. The molecule has 130 valence electrons. The summed E-state index contributed by atoms with van der Waals surface area (Å²) in [6.45, 7) is 3.80. The zero-order chi connectivity index (χ0) is 17.2. The molecule has 3 rings (SSSR count). The lowest BCUT2D eigenvalue weighted by molar-refractivity contribution is -0.131. The van der Waals surface area contributed by atoms with Crippen molar-refractivity contribution in [2.75, 3.05) is 26.2 Å². The van der Waals surface area contributed by atoms with Gasteiger partial charge in [-0.05, 0) is 31.0 Å². The fraction of sp³-hybridized carbons (Fsp3) is 0.500. The summed E-state index contributed by atoms with van der Waals surface area (Å²) in [5.41, 5.74) is 1.44. The number of hydrogen-bond donors (Lipinski definition) is 1. The van der Waals surface area contributed by atoms with E-state index in [0.717, 1.165) is 11.9 Å². The molecule has 0 spiro atoms. The maximum Gasteiger partial charge on any atom is 0.243 e. The van der Waals surface area contributed by atoms with Crippen molar-refractivity contribution in [3.05, 3.63) is 24.5 Å². The zero-order valence-electron chi connectivity index (χ0n) is 13.7. The van der Waals surface area contributed by atoms with Crippen molar-refractivity contribution < 1.29 is 13.2 Å². The minimum atomic E-state index is -3.57. The highest BCUT2D eigenvalue weighted by atomic mass is 32.2. The Kier molecular flexibility index (Phi) is 4.86. The molecule has 2 heterocycles. The van der Waals surface area contributed by atoms with Crippen LogP contribution in [0.3, 0.4) is 0 Å². The van der Waals surface area contributed by atoms with Crippen LogP contribution in [0.15, 0.2) is 29.4 Å². The average molecular weight is 350 g/mol. The van der Waals surface area contributed by atoms with Gasteiger partial charge in [-0.15, -0.1) is 0 Å². The van der Waals surface area contributed by atoms with Crippen LogP contribution in [-0.4, -0.2) is 59.7 Å². The largest absolute Gasteiger partial charge is 0.345 e. The number of carbonyl (C=O) groups is 1. The van der Waals surface area contributed by atoms with Gasteiger partial charge in [0, 0.05) is 32.6 Å². The van der Waals surface area contributed by atoms with E-state index >= 15 is 0 Å². The molecule has 1 aromatic heterocycles. The van der Waals surface area contributed by atoms with E-state index in [1.807, 2.05) is 6.92 Å². The molecule has 7 nitrogen and oxygen atoms in total. The summed E-state index contributed by atoms with van der Waals surface area (Å²) >= 11 is 0. The van der Waals surface area contributed by atoms with Crippen LogP contribution in [0.4, 0.5) is 0 Å². The summed E-state index contributed by atoms with van der Waals surface area (Å²) in [5, 5.41) is 0. The van der Waals surface area contributed by atoms with E-state index in [-0.39, 0.29) is 10.8 Å². The number of nitrogens with zero attached hydrogens (tertiary/aromatic N) is 3. The maximum absolute atomic E-state index is 12.9. The molecule has 1 N–H and O–H groups in total. The van der Waals surface area contributed by atoms with Crippen LogP contribution in [0.1, 0.15) is 26.2 Å². The lowest BCUT2D eigenvalue weighted by Crippen LogP contribution is -2.37. The number of H-pyrrole nitrogens is 1. The number of aromatic nitrogens is 2. The van der Waals surface area contributed by atoms with Crippen molar-refractivity contribution in [2.45, 2.75) is 31.1 Å². The number of hydrogen-bond acceptors (Lipinski definition) is 4. The number of rotatable bonds is 4. The van der Waals surface area contributed by atoms with Gasteiger partial charge in [-0.1, -0.05) is 6.92 Å². The Morgan fingerprint density at radius 2 is 2.08 bits per heavy atom. The van der Waals surface area contributed by atoms with E-state index in [2.05, 4.69) is 9.97 Å². The molecule has 2 aromatic rings. The quantitative estimate of drug-likeness (QED) is 0.907. The number of amides is 1. The number of carbonyl (C=O) groups excluding carboxylic acids is 1. The minimum Gasteiger partial charge on any atom is -0.345 e. The first kappa shape index (κ1) is 16.9. The Balaban J connectivity index is 1.78. The first-order valence-electron chi connectivity index (χ1n) is 8.23. The molecule has 0 saturated carbocycles. The summed E-state index contributed by atoms with van der Waals surface area (Å²) < 4.78 is 27.3. The molecule has 1 amide bonds. The third kappa shape index (κ3) is 3.29. The SMILES string of the molecule is CCCC(=O)N1CCCN(S(=O)(=O)c2ccc3nc[nH]c3c2)CC1. The normalized spacial score (nSPS) is 17.1. The third-order valence-electron chi connectivity index (χ3n) is 4.30. The Hall–Kier alpha value is -1.93. The monoisotopic (exact) mass is 350 g/mol. The number of benzene rings is 1. The maximum atomic E-state index is 12.9. The van der Waals surface area contributed by atoms with Gasteiger partial charge in [0.15, 0.2) is 0 Å². The van der Waals surface area contributed by atoms with Crippen molar-refractivity contribution in [1.29, 1.82) is 0 Å². The molecule has 1 saturated heterocycles. The van der Waals surface area contributed by atoms with Gasteiger partial charge in [-0.25, -0.2) is 13.4 Å². The Bertz CT molecular complexity index is 831. The first-order chi connectivity index (χ1) is 11.5. The number of imidazole rings is 1. The fourth-order valence-corrected chi connectivity index (χ4v) is 4.48. The van der Waals surface area contributed by atoms with Crippen molar-refractivity contribution in [3.63, 3.8) is 0 Å². The van der Waals surface area contributed by atoms with Gasteiger partial charge in [-0.2, -0.15) is 4.31 Å². The van der Waals surface area contributed by atoms with Crippen molar-refractivity contribution in [1.82, 2.24) is 19.2 Å². The van der Waals surface area contributed by atoms with Gasteiger partial charge in [-0.3, -0.25) is 4.79 Å². The minimum absolute atomic E-state index is 0.107. The molecule has 1 aliphatic rings. The second-order valence-electron chi connectivity index (χ2n) is 5.97. The van der Waals surface area contributed by atoms with E-state index in [1.165, 1.54) is 4.31 Å². The van der Waals surface area contributed by atoms with Crippen LogP contribution in [0.2, 0.25) is 0 Å². The second kappa shape index (κ2) is 6.90. The summed E-state index contributed by atoms with van der Waals surface area (Å²) in [4.78, 5) is 21.1. The van der Waals surface area contributed by atoms with Crippen molar-refractivity contribution >= 4 is 27.0 Å². The topological polar surface area (TPSA) is 86.4 Å². The molecule has 1 aromatic carbocycles. The molecule has 0 bridgehead atoms. The highest BCUT2D eigenvalue weighted by Gasteiger charge is 2.28. The lowest BCUT2D eigenvalue weighted by Gasteiger charge is -2.22. The Morgan fingerprint density at radius 1 is 1.25 bits per heavy atom. The molecule has 0 atom stereocenters. The highest BCUT2D eigenvalue weighted by molar-refractivity contribution is 7.89. The van der Waals surface area contributed by atoms with Gasteiger partial charge in [0.05, 0.1) is 22.3 Å². The van der Waals surface area contributed by atoms with E-state index in [9.17, 15) is 13.2 Å². The molecular formula is C16H22N4O3S. The van der Waals surface area contributed by atoms with Crippen LogP contribution in [0.25, 0.3) is 11.0 Å². The van der Waals surface area contributed by atoms with Gasteiger partial charge >= 0.3 is 0 Å². The van der Waals surface area contributed by atoms with Crippen LogP contribution >= 0.6 is 0 Å². The smallest absolute Gasteiger partial charge is 0.243 e. The second-order valence-corrected chi connectivity index (χ2v) is 7.91. The number of nitrogens with one attached hydrogen (secondary N) is 1.